The predicted molar refractivity (Wildman–Crippen MR) is 105 cm³/mol. The van der Waals surface area contributed by atoms with Crippen molar-refractivity contribution in [3.05, 3.63) is 40.5 Å². The van der Waals surface area contributed by atoms with Crippen molar-refractivity contribution in [2.24, 2.45) is 4.99 Å². The Morgan fingerprint density at radius 3 is 2.59 bits per heavy atom. The zero-order chi connectivity index (χ0) is 19.7. The topological polar surface area (TPSA) is 152 Å². The van der Waals surface area contributed by atoms with Gasteiger partial charge in [-0.1, -0.05) is 6.07 Å². The van der Waals surface area contributed by atoms with Crippen LogP contribution in [0.4, 0.5) is 23.0 Å². The fourth-order valence-corrected chi connectivity index (χ4v) is 3.05. The van der Waals surface area contributed by atoms with E-state index in [-0.39, 0.29) is 23.0 Å². The van der Waals surface area contributed by atoms with Gasteiger partial charge in [-0.3, -0.25) is 5.32 Å². The number of hydrogen-bond acceptors (Lipinski definition) is 9. The zero-order valence-electron chi connectivity index (χ0n) is 15.2. The number of nitrogens with two attached hydrogens (primary N) is 2. The van der Waals surface area contributed by atoms with Gasteiger partial charge in [-0.25, -0.2) is 9.98 Å². The fraction of sp³-hybridized carbons (Fsp3) is 0.222. The number of nitrogen functional groups attached to an aromatic ring is 2. The van der Waals surface area contributed by atoms with E-state index in [1.54, 1.807) is 0 Å². The van der Waals surface area contributed by atoms with Gasteiger partial charge in [-0.2, -0.15) is 10.5 Å². The highest BCUT2D eigenvalue weighted by molar-refractivity contribution is 5.98. The molecule has 0 radical (unpaired) electrons. The van der Waals surface area contributed by atoms with Crippen molar-refractivity contribution in [3.63, 3.8) is 0 Å². The number of guanidine groups is 1. The summed E-state index contributed by atoms with van der Waals surface area (Å²) in [6, 6.07) is 7.43. The largest absolute Gasteiger partial charge is 0.397 e. The highest BCUT2D eigenvalue weighted by Gasteiger charge is 2.30. The molecular weight excluding hydrogens is 342 g/mol. The van der Waals surface area contributed by atoms with Crippen LogP contribution in [-0.2, 0) is 0 Å². The second kappa shape index (κ2) is 6.73. The standard InChI is InChI=1S/C18H19N9/c1-9-6-10(27(2)3)4-5-11(9)15-13-14(21)12(7-19)16(22)25-17(13)26-18(24-15)23-8-20/h4-6,15H,1-3H3,(H6,21,22,23,24,25,26). The molecule has 0 bridgehead atoms. The molecule has 6 N–H and O–H groups in total. The maximum absolute atomic E-state index is 9.38. The maximum Gasteiger partial charge on any atom is 0.211 e. The molecule has 0 saturated carbocycles. The molecule has 136 valence electrons. The Bertz CT molecular complexity index is 1020. The van der Waals surface area contributed by atoms with Gasteiger partial charge in [-0.15, -0.1) is 0 Å². The average Bonchev–Trinajstić information content (AvgIpc) is 2.61. The number of aliphatic imine (C=N–C) groups is 1. The van der Waals surface area contributed by atoms with Crippen LogP contribution in [0.3, 0.4) is 0 Å². The van der Waals surface area contributed by atoms with Crippen molar-refractivity contribution in [2.45, 2.75) is 13.0 Å². The summed E-state index contributed by atoms with van der Waals surface area (Å²) in [6.07, 6.45) is 1.84. The van der Waals surface area contributed by atoms with E-state index < -0.39 is 6.04 Å². The van der Waals surface area contributed by atoms with Crippen LogP contribution >= 0.6 is 0 Å². The Morgan fingerprint density at radius 2 is 2.00 bits per heavy atom. The van der Waals surface area contributed by atoms with E-state index >= 15 is 0 Å². The van der Waals surface area contributed by atoms with E-state index in [4.69, 9.17) is 16.7 Å². The molecule has 1 unspecified atom stereocenters. The van der Waals surface area contributed by atoms with Crippen molar-refractivity contribution in [2.75, 3.05) is 35.8 Å². The quantitative estimate of drug-likeness (QED) is 0.463. The molecule has 0 amide bonds. The first-order chi connectivity index (χ1) is 12.9. The molecule has 9 nitrogen and oxygen atoms in total. The van der Waals surface area contributed by atoms with Crippen molar-refractivity contribution < 1.29 is 0 Å². The van der Waals surface area contributed by atoms with Crippen LogP contribution in [0.5, 0.6) is 0 Å². The Hall–Kier alpha value is -3.98. The minimum Gasteiger partial charge on any atom is -0.397 e. The van der Waals surface area contributed by atoms with Crippen LogP contribution in [0.25, 0.3) is 0 Å². The number of nitrogens with zero attached hydrogens (tertiary/aromatic N) is 5. The van der Waals surface area contributed by atoms with Gasteiger partial charge < -0.3 is 21.7 Å². The molecule has 0 saturated heterocycles. The van der Waals surface area contributed by atoms with Crippen LogP contribution in [0, 0.1) is 29.7 Å². The van der Waals surface area contributed by atoms with Crippen LogP contribution < -0.4 is 27.0 Å². The summed E-state index contributed by atoms with van der Waals surface area (Å²) in [6.45, 7) is 1.98. The van der Waals surface area contributed by atoms with Gasteiger partial charge in [0.2, 0.25) is 5.96 Å². The average molecular weight is 361 g/mol. The first kappa shape index (κ1) is 17.8. The highest BCUT2D eigenvalue weighted by atomic mass is 15.2. The number of nitrogens with one attached hydrogen (secondary N) is 2. The summed E-state index contributed by atoms with van der Waals surface area (Å²) in [5.74, 6) is 0.637. The SMILES string of the molecule is Cc1cc(N(C)C)ccc1C1N=C(NC#N)Nc2nc(N)c(C#N)c(N)c21. The molecule has 0 fully saturated rings. The second-order valence-electron chi connectivity index (χ2n) is 6.34. The molecule has 1 aliphatic rings. The molecule has 3 rings (SSSR count). The Balaban J connectivity index is 2.24. The number of nitriles is 2. The van der Waals surface area contributed by atoms with Crippen molar-refractivity contribution in [1.29, 1.82) is 10.5 Å². The van der Waals surface area contributed by atoms with E-state index in [1.807, 2.05) is 56.4 Å². The van der Waals surface area contributed by atoms with Gasteiger partial charge in [0.25, 0.3) is 0 Å². The summed E-state index contributed by atoms with van der Waals surface area (Å²) in [4.78, 5) is 10.8. The number of anilines is 4. The summed E-state index contributed by atoms with van der Waals surface area (Å²) in [7, 11) is 3.93. The second-order valence-corrected chi connectivity index (χ2v) is 6.34. The minimum absolute atomic E-state index is 0.0258. The first-order valence-corrected chi connectivity index (χ1v) is 8.14. The first-order valence-electron chi connectivity index (χ1n) is 8.14. The van der Waals surface area contributed by atoms with E-state index in [1.165, 1.54) is 0 Å². The lowest BCUT2D eigenvalue weighted by Crippen LogP contribution is -2.33. The third kappa shape index (κ3) is 3.02. The normalized spacial score (nSPS) is 14.9. The van der Waals surface area contributed by atoms with Crippen LogP contribution in [0.15, 0.2) is 23.2 Å². The van der Waals surface area contributed by atoms with Crippen LogP contribution in [-0.4, -0.2) is 25.0 Å². The smallest absolute Gasteiger partial charge is 0.211 e. The highest BCUT2D eigenvalue weighted by Crippen LogP contribution is 2.41. The van der Waals surface area contributed by atoms with Gasteiger partial charge in [0.1, 0.15) is 29.3 Å². The summed E-state index contributed by atoms with van der Waals surface area (Å²) in [5.41, 5.74) is 15.9. The number of rotatable bonds is 2. The van der Waals surface area contributed by atoms with Crippen molar-refractivity contribution in [3.8, 4) is 12.3 Å². The number of fused-ring (bicyclic) bond motifs is 1. The van der Waals surface area contributed by atoms with Crippen LogP contribution in [0.2, 0.25) is 0 Å². The Kier molecular flexibility index (Phi) is 4.44. The third-order valence-electron chi connectivity index (χ3n) is 4.42. The molecule has 2 heterocycles. The number of hydrogen-bond donors (Lipinski definition) is 4. The van der Waals surface area contributed by atoms with Gasteiger partial charge in [0.05, 0.1) is 5.69 Å². The van der Waals surface area contributed by atoms with E-state index in [2.05, 4.69) is 20.6 Å². The molecule has 1 aliphatic heterocycles. The molecular formula is C18H19N9. The predicted octanol–water partition coefficient (Wildman–Crippen LogP) is 1.43. The fourth-order valence-electron chi connectivity index (χ4n) is 3.05. The summed E-state index contributed by atoms with van der Waals surface area (Å²) >= 11 is 0. The van der Waals surface area contributed by atoms with E-state index in [9.17, 15) is 5.26 Å². The molecule has 9 heteroatoms. The number of aromatic nitrogens is 1. The molecule has 1 aromatic carbocycles. The third-order valence-corrected chi connectivity index (χ3v) is 4.42. The van der Waals surface area contributed by atoms with Gasteiger partial charge >= 0.3 is 0 Å². The molecule has 27 heavy (non-hydrogen) atoms. The monoisotopic (exact) mass is 361 g/mol. The number of benzene rings is 1. The molecule has 0 aliphatic carbocycles. The van der Waals surface area contributed by atoms with Gasteiger partial charge in [-0.05, 0) is 30.2 Å². The van der Waals surface area contributed by atoms with E-state index in [0.717, 1.165) is 16.8 Å². The lowest BCUT2D eigenvalue weighted by molar-refractivity contribution is 0.838. The zero-order valence-corrected chi connectivity index (χ0v) is 15.2. The van der Waals surface area contributed by atoms with Gasteiger partial charge in [0.15, 0.2) is 6.19 Å². The molecule has 2 aromatic rings. The number of pyridine rings is 1. The minimum atomic E-state index is -0.534. The lowest BCUT2D eigenvalue weighted by atomic mass is 9.92. The maximum atomic E-state index is 9.38. The van der Waals surface area contributed by atoms with Gasteiger partial charge in [0, 0.05) is 25.3 Å². The molecule has 1 aromatic heterocycles. The molecule has 1 atom stereocenters. The van der Waals surface area contributed by atoms with Crippen LogP contribution in [0.1, 0.15) is 28.3 Å². The van der Waals surface area contributed by atoms with Crippen molar-refractivity contribution >= 4 is 29.0 Å². The Labute approximate surface area is 156 Å². The lowest BCUT2D eigenvalue weighted by Gasteiger charge is -2.27. The van der Waals surface area contributed by atoms with Crippen molar-refractivity contribution in [1.82, 2.24) is 10.3 Å². The molecule has 0 spiro atoms. The number of aryl methyl sites for hydroxylation is 1. The Morgan fingerprint density at radius 1 is 1.26 bits per heavy atom. The summed E-state index contributed by atoms with van der Waals surface area (Å²) < 4.78 is 0. The van der Waals surface area contributed by atoms with E-state index in [0.29, 0.717) is 11.4 Å². The summed E-state index contributed by atoms with van der Waals surface area (Å²) in [5, 5.41) is 23.7.